The molecule has 5 nitrogen and oxygen atoms in total. The second-order valence-corrected chi connectivity index (χ2v) is 5.92. The van der Waals surface area contributed by atoms with Gasteiger partial charge in [0.1, 0.15) is 0 Å². The van der Waals surface area contributed by atoms with Crippen LogP contribution in [0.3, 0.4) is 0 Å². The Morgan fingerprint density at radius 1 is 0.640 bits per heavy atom. The van der Waals surface area contributed by atoms with E-state index in [4.69, 9.17) is 23.7 Å². The van der Waals surface area contributed by atoms with Crippen molar-refractivity contribution in [2.24, 2.45) is 0 Å². The van der Waals surface area contributed by atoms with E-state index < -0.39 is 0 Å². The second-order valence-electron chi connectivity index (χ2n) is 5.92. The lowest BCUT2D eigenvalue weighted by Crippen LogP contribution is -2.01. The zero-order chi connectivity index (χ0) is 17.8. The summed E-state index contributed by atoms with van der Waals surface area (Å²) in [4.78, 5) is 0. The monoisotopic (exact) mass is 344 g/mol. The van der Waals surface area contributed by atoms with Gasteiger partial charge < -0.3 is 23.7 Å². The Bertz CT molecular complexity index is 667. The molecule has 2 aromatic rings. The van der Waals surface area contributed by atoms with Gasteiger partial charge in [0.25, 0.3) is 0 Å². The molecule has 0 N–H and O–H groups in total. The highest BCUT2D eigenvalue weighted by Gasteiger charge is 2.29. The molecule has 1 aliphatic rings. The largest absolute Gasteiger partial charge is 0.493 e. The summed E-state index contributed by atoms with van der Waals surface area (Å²) in [5.74, 6) is 2.89. The first kappa shape index (κ1) is 17.4. The van der Waals surface area contributed by atoms with Crippen molar-refractivity contribution in [3.63, 3.8) is 0 Å². The van der Waals surface area contributed by atoms with Crippen LogP contribution in [0, 0.1) is 0 Å². The Labute approximate surface area is 148 Å². The predicted molar refractivity (Wildman–Crippen MR) is 94.9 cm³/mol. The zero-order valence-electron chi connectivity index (χ0n) is 15.1. The van der Waals surface area contributed by atoms with Crippen LogP contribution in [0.1, 0.15) is 36.2 Å². The van der Waals surface area contributed by atoms with Crippen LogP contribution in [-0.2, 0) is 4.74 Å². The van der Waals surface area contributed by atoms with Crippen molar-refractivity contribution in [2.75, 3.05) is 28.4 Å². The van der Waals surface area contributed by atoms with Crippen molar-refractivity contribution in [3.05, 3.63) is 47.5 Å². The number of benzene rings is 2. The lowest BCUT2D eigenvalue weighted by molar-refractivity contribution is 0.0438. The van der Waals surface area contributed by atoms with E-state index in [2.05, 4.69) is 0 Å². The number of rotatable bonds is 6. The van der Waals surface area contributed by atoms with Crippen molar-refractivity contribution in [3.8, 4) is 23.0 Å². The van der Waals surface area contributed by atoms with Gasteiger partial charge in [-0.1, -0.05) is 12.1 Å². The third kappa shape index (κ3) is 3.51. The summed E-state index contributed by atoms with van der Waals surface area (Å²) >= 11 is 0. The summed E-state index contributed by atoms with van der Waals surface area (Å²) in [6.45, 7) is 0. The summed E-state index contributed by atoms with van der Waals surface area (Å²) in [6, 6.07) is 11.9. The molecule has 5 heteroatoms. The van der Waals surface area contributed by atoms with Crippen LogP contribution >= 0.6 is 0 Å². The molecule has 0 bridgehead atoms. The van der Waals surface area contributed by atoms with E-state index in [1.165, 1.54) is 0 Å². The molecule has 0 aliphatic carbocycles. The molecule has 1 heterocycles. The maximum absolute atomic E-state index is 6.29. The number of ether oxygens (including phenoxy) is 5. The van der Waals surface area contributed by atoms with Gasteiger partial charge in [-0.2, -0.15) is 0 Å². The minimum Gasteiger partial charge on any atom is -0.493 e. The van der Waals surface area contributed by atoms with Gasteiger partial charge in [0.15, 0.2) is 23.0 Å². The maximum atomic E-state index is 6.29. The van der Waals surface area contributed by atoms with Crippen molar-refractivity contribution < 1.29 is 23.7 Å². The summed E-state index contributed by atoms with van der Waals surface area (Å²) in [7, 11) is 6.56. The molecule has 25 heavy (non-hydrogen) atoms. The van der Waals surface area contributed by atoms with Crippen LogP contribution in [0.5, 0.6) is 23.0 Å². The Hall–Kier alpha value is -2.40. The highest BCUT2D eigenvalue weighted by Crippen LogP contribution is 2.44. The molecular formula is C20H24O5. The van der Waals surface area contributed by atoms with Gasteiger partial charge in [-0.05, 0) is 48.2 Å². The molecule has 1 aliphatic heterocycles. The van der Waals surface area contributed by atoms with E-state index in [-0.39, 0.29) is 12.2 Å². The summed E-state index contributed by atoms with van der Waals surface area (Å²) < 4.78 is 27.7. The quantitative estimate of drug-likeness (QED) is 0.781. The Morgan fingerprint density at radius 2 is 1.04 bits per heavy atom. The van der Waals surface area contributed by atoms with Crippen LogP contribution in [0.2, 0.25) is 0 Å². The van der Waals surface area contributed by atoms with Gasteiger partial charge in [0, 0.05) is 0 Å². The highest BCUT2D eigenvalue weighted by molar-refractivity contribution is 5.45. The summed E-state index contributed by atoms with van der Waals surface area (Å²) in [5.41, 5.74) is 2.20. The Morgan fingerprint density at radius 3 is 1.40 bits per heavy atom. The molecule has 2 aromatic carbocycles. The van der Waals surface area contributed by atoms with Gasteiger partial charge in [0.2, 0.25) is 0 Å². The molecule has 3 rings (SSSR count). The standard InChI is InChI=1S/C20H24O5/c1-21-17-7-5-13(11-19(17)23-3)15-9-10-16(25-15)14-6-8-18(22-2)20(12-14)24-4/h5-8,11-12,15-16H,9-10H2,1-4H3/t15-,16-/m1/s1. The minimum absolute atomic E-state index is 0.0397. The molecule has 0 amide bonds. The van der Waals surface area contributed by atoms with Crippen LogP contribution in [0.15, 0.2) is 36.4 Å². The molecule has 1 saturated heterocycles. The summed E-state index contributed by atoms with van der Waals surface area (Å²) in [6.07, 6.45) is 1.99. The van der Waals surface area contributed by atoms with E-state index in [9.17, 15) is 0 Å². The maximum Gasteiger partial charge on any atom is 0.161 e. The average molecular weight is 344 g/mol. The highest BCUT2D eigenvalue weighted by atomic mass is 16.5. The molecule has 0 unspecified atom stereocenters. The summed E-state index contributed by atoms with van der Waals surface area (Å²) in [5, 5.41) is 0. The lowest BCUT2D eigenvalue weighted by atomic mass is 10.0. The smallest absolute Gasteiger partial charge is 0.161 e. The topological polar surface area (TPSA) is 46.2 Å². The van der Waals surface area contributed by atoms with Gasteiger partial charge in [0.05, 0.1) is 40.6 Å². The first-order valence-corrected chi connectivity index (χ1v) is 8.29. The average Bonchev–Trinajstić information content (AvgIpc) is 3.17. The number of hydrogen-bond donors (Lipinski definition) is 0. The number of methoxy groups -OCH3 is 4. The fourth-order valence-corrected chi connectivity index (χ4v) is 3.23. The van der Waals surface area contributed by atoms with Gasteiger partial charge in [-0.25, -0.2) is 0 Å². The Kier molecular flexibility index (Phi) is 5.34. The zero-order valence-corrected chi connectivity index (χ0v) is 15.1. The third-order valence-corrected chi connectivity index (χ3v) is 4.58. The van der Waals surface area contributed by atoms with Crippen LogP contribution in [0.4, 0.5) is 0 Å². The van der Waals surface area contributed by atoms with Crippen molar-refractivity contribution in [1.29, 1.82) is 0 Å². The van der Waals surface area contributed by atoms with Crippen molar-refractivity contribution >= 4 is 0 Å². The fraction of sp³-hybridized carbons (Fsp3) is 0.400. The first-order valence-electron chi connectivity index (χ1n) is 8.29. The third-order valence-electron chi connectivity index (χ3n) is 4.58. The minimum atomic E-state index is 0.0397. The molecule has 0 aromatic heterocycles. The van der Waals surface area contributed by atoms with Crippen LogP contribution in [-0.4, -0.2) is 28.4 Å². The van der Waals surface area contributed by atoms with E-state index in [0.717, 1.165) is 47.0 Å². The van der Waals surface area contributed by atoms with Gasteiger partial charge >= 0.3 is 0 Å². The first-order chi connectivity index (χ1) is 12.2. The second kappa shape index (κ2) is 7.66. The molecule has 134 valence electrons. The molecule has 1 fully saturated rings. The van der Waals surface area contributed by atoms with E-state index in [1.807, 2.05) is 36.4 Å². The fourth-order valence-electron chi connectivity index (χ4n) is 3.23. The van der Waals surface area contributed by atoms with Gasteiger partial charge in [-0.3, -0.25) is 0 Å². The van der Waals surface area contributed by atoms with Crippen molar-refractivity contribution in [1.82, 2.24) is 0 Å². The Balaban J connectivity index is 1.78. The van der Waals surface area contributed by atoms with E-state index in [1.54, 1.807) is 28.4 Å². The van der Waals surface area contributed by atoms with Crippen molar-refractivity contribution in [2.45, 2.75) is 25.0 Å². The molecule has 0 saturated carbocycles. The molecule has 0 spiro atoms. The molecule has 2 atom stereocenters. The molecular weight excluding hydrogens is 320 g/mol. The van der Waals surface area contributed by atoms with Gasteiger partial charge in [-0.15, -0.1) is 0 Å². The number of hydrogen-bond acceptors (Lipinski definition) is 5. The van der Waals surface area contributed by atoms with Crippen LogP contribution < -0.4 is 18.9 Å². The molecule has 0 radical (unpaired) electrons. The predicted octanol–water partition coefficient (Wildman–Crippen LogP) is 4.31. The normalized spacial score (nSPS) is 19.5. The van der Waals surface area contributed by atoms with Crippen LogP contribution in [0.25, 0.3) is 0 Å². The SMILES string of the molecule is COc1ccc([C@H]2CC[C@H](c3ccc(OC)c(OC)c3)O2)cc1OC. The van der Waals surface area contributed by atoms with E-state index in [0.29, 0.717) is 0 Å². The van der Waals surface area contributed by atoms with E-state index >= 15 is 0 Å². The lowest BCUT2D eigenvalue weighted by Gasteiger charge is -2.17.